The van der Waals surface area contributed by atoms with E-state index in [1.165, 1.54) is 18.2 Å². The molecule has 0 aliphatic carbocycles. The summed E-state index contributed by atoms with van der Waals surface area (Å²) in [6.07, 6.45) is 7.15. The predicted octanol–water partition coefficient (Wildman–Crippen LogP) is 6.40. The van der Waals surface area contributed by atoms with E-state index in [-0.39, 0.29) is 54.2 Å². The number of rotatable bonds is 22. The third kappa shape index (κ3) is 10.8. The van der Waals surface area contributed by atoms with Crippen molar-refractivity contribution in [3.05, 3.63) is 83.6 Å². The van der Waals surface area contributed by atoms with Gasteiger partial charge in [0.05, 0.1) is 42.3 Å². The van der Waals surface area contributed by atoms with Gasteiger partial charge in [0.1, 0.15) is 9.79 Å². The summed E-state index contributed by atoms with van der Waals surface area (Å²) in [5.41, 5.74) is 0.851. The van der Waals surface area contributed by atoms with E-state index in [4.69, 9.17) is 14.2 Å². The van der Waals surface area contributed by atoms with Gasteiger partial charge in [0.25, 0.3) is 40.5 Å². The van der Waals surface area contributed by atoms with Crippen LogP contribution in [0.4, 0.5) is 11.4 Å². The van der Waals surface area contributed by atoms with Crippen molar-refractivity contribution in [3.63, 3.8) is 0 Å². The number of ether oxygens (including phenoxy) is 3. The normalized spacial score (nSPS) is 19.2. The molecule has 4 aromatic rings. The lowest BCUT2D eigenvalue weighted by Gasteiger charge is -2.32. The molecule has 23 heteroatoms. The average molecular weight is 1030 g/mol. The van der Waals surface area contributed by atoms with Crippen LogP contribution in [0, 0.1) is 0 Å². The third-order valence-electron chi connectivity index (χ3n) is 12.7. The van der Waals surface area contributed by atoms with Crippen LogP contribution in [0.1, 0.15) is 70.9 Å². The average Bonchev–Trinajstić information content (AvgIpc) is 3.61. The summed E-state index contributed by atoms with van der Waals surface area (Å²) < 4.78 is 159. The van der Waals surface area contributed by atoms with Gasteiger partial charge in [0, 0.05) is 71.9 Å². The number of methoxy groups -OCH3 is 1. The number of hydrogen-bond donors (Lipinski definition) is 5. The smallest absolute Gasteiger partial charge is 0.303 e. The number of likely N-dealkylation sites (N-methyl/N-ethyl adjacent to an activating group) is 1. The van der Waals surface area contributed by atoms with Crippen LogP contribution in [0.5, 0.6) is 0 Å². The second-order valence-corrected chi connectivity index (χ2v) is 23.0. The summed E-state index contributed by atoms with van der Waals surface area (Å²) in [7, 11) is -18.4. The van der Waals surface area contributed by atoms with Gasteiger partial charge >= 0.3 is 5.97 Å². The molecule has 0 spiro atoms. The SMILES string of the molecule is CCN1c2ccc3c(S(=O)(=O)O)cc(S(=O)(=O)O)cc3c2C(C)(C)C1C=CC=C1N(CCCCCC(=O)O)c2ccc3c(S(=O)(=O)O)cc(S(=O)(=O)O)cc3c2C1(C)CCOCCOCCOC. The van der Waals surface area contributed by atoms with Crippen LogP contribution in [0.2, 0.25) is 0 Å². The molecule has 19 nitrogen and oxygen atoms in total. The van der Waals surface area contributed by atoms with E-state index in [9.17, 15) is 61.8 Å². The van der Waals surface area contributed by atoms with Gasteiger partial charge in [0.2, 0.25) is 0 Å². The Labute approximate surface area is 396 Å². The van der Waals surface area contributed by atoms with Crippen LogP contribution < -0.4 is 9.80 Å². The highest BCUT2D eigenvalue weighted by Crippen LogP contribution is 2.54. The van der Waals surface area contributed by atoms with E-state index in [2.05, 4.69) is 0 Å². The van der Waals surface area contributed by atoms with Gasteiger partial charge in [-0.1, -0.05) is 44.6 Å². The molecule has 0 amide bonds. The van der Waals surface area contributed by atoms with Crippen molar-refractivity contribution in [2.24, 2.45) is 0 Å². The number of carbonyl (C=O) groups is 1. The highest BCUT2D eigenvalue weighted by Gasteiger charge is 2.47. The molecule has 2 aliphatic heterocycles. The fraction of sp³-hybridized carbons (Fsp3) is 0.444. The fourth-order valence-corrected chi connectivity index (χ4v) is 12.3. The predicted molar refractivity (Wildman–Crippen MR) is 253 cm³/mol. The van der Waals surface area contributed by atoms with E-state index in [1.54, 1.807) is 19.2 Å². The zero-order valence-corrected chi connectivity index (χ0v) is 41.3. The Morgan fingerprint density at radius 2 is 1.21 bits per heavy atom. The number of allylic oxidation sites excluding steroid dienone is 3. The largest absolute Gasteiger partial charge is 0.481 e. The minimum absolute atomic E-state index is 0.0128. The minimum Gasteiger partial charge on any atom is -0.481 e. The van der Waals surface area contributed by atoms with E-state index in [0.717, 1.165) is 6.07 Å². The summed E-state index contributed by atoms with van der Waals surface area (Å²) >= 11 is 0. The van der Waals surface area contributed by atoms with Crippen LogP contribution >= 0.6 is 0 Å². The maximum Gasteiger partial charge on any atom is 0.303 e. The number of unbranched alkanes of at least 4 members (excludes halogenated alkanes) is 2. The first-order valence-corrected chi connectivity index (χ1v) is 27.4. The Morgan fingerprint density at radius 1 is 0.676 bits per heavy atom. The molecule has 0 aromatic heterocycles. The quantitative estimate of drug-likeness (QED) is 0.0420. The number of aliphatic carboxylic acids is 1. The number of anilines is 2. The molecular formula is C45H56N2O17S4. The molecule has 0 fully saturated rings. The standard InChI is InChI=1S/C45H56N2O17S4/c1-6-46-35-16-14-31-33(25-29(65(50,51)52)27-37(31)67(56,57)58)42(35)44(2,3)39(46)11-10-12-40-45(4,18-20-63-23-24-64-22-21-62-5)43-34-26-30(66(53,54)55)28-38(68(59,60)61)32(34)15-17-36(43)47(40)19-9-7-8-13-41(48)49/h10-12,14-17,25-28,39H,6-9,13,18-24H2,1-5H3,(H,48,49)(H,50,51,52)(H,53,54,55)(H,56,57,58)(H,59,60,61). The lowest BCUT2D eigenvalue weighted by atomic mass is 9.76. The molecule has 6 rings (SSSR count). The highest BCUT2D eigenvalue weighted by molar-refractivity contribution is 7.87. The van der Waals surface area contributed by atoms with Crippen molar-refractivity contribution in [2.75, 3.05) is 63.0 Å². The number of benzene rings is 4. The van der Waals surface area contributed by atoms with Crippen LogP contribution in [0.15, 0.2) is 92.0 Å². The Balaban J connectivity index is 1.54. The number of hydrogen-bond acceptors (Lipinski definition) is 14. The van der Waals surface area contributed by atoms with E-state index in [1.807, 2.05) is 55.7 Å². The topological polar surface area (TPSA) is 289 Å². The molecule has 68 heavy (non-hydrogen) atoms. The third-order valence-corrected chi connectivity index (χ3v) is 16.1. The molecule has 0 radical (unpaired) electrons. The van der Waals surface area contributed by atoms with Gasteiger partial charge in [-0.15, -0.1) is 0 Å². The zero-order chi connectivity index (χ0) is 50.2. The second kappa shape index (κ2) is 20.1. The van der Waals surface area contributed by atoms with E-state index in [0.29, 0.717) is 85.9 Å². The first-order valence-electron chi connectivity index (χ1n) is 21.6. The molecule has 4 aromatic carbocycles. The molecule has 372 valence electrons. The van der Waals surface area contributed by atoms with Crippen molar-refractivity contribution in [1.82, 2.24) is 0 Å². The van der Waals surface area contributed by atoms with Crippen molar-refractivity contribution in [1.29, 1.82) is 0 Å². The molecule has 0 bridgehead atoms. The van der Waals surface area contributed by atoms with Crippen molar-refractivity contribution in [2.45, 2.75) is 96.3 Å². The molecule has 2 unspecified atom stereocenters. The molecule has 5 N–H and O–H groups in total. The van der Waals surface area contributed by atoms with Crippen LogP contribution in [-0.4, -0.2) is 122 Å². The molecule has 0 saturated carbocycles. The van der Waals surface area contributed by atoms with Crippen LogP contribution in [0.3, 0.4) is 0 Å². The lowest BCUT2D eigenvalue weighted by molar-refractivity contribution is -0.137. The molecule has 2 heterocycles. The Morgan fingerprint density at radius 3 is 1.72 bits per heavy atom. The number of carboxylic acids is 1. The van der Waals surface area contributed by atoms with Crippen molar-refractivity contribution >= 4 is 79.4 Å². The van der Waals surface area contributed by atoms with E-state index >= 15 is 0 Å². The molecule has 0 saturated heterocycles. The van der Waals surface area contributed by atoms with Crippen LogP contribution in [-0.2, 0) is 70.3 Å². The van der Waals surface area contributed by atoms with Gasteiger partial charge in [-0.05, 0) is 97.5 Å². The Kier molecular flexibility index (Phi) is 15.6. The monoisotopic (exact) mass is 1020 g/mol. The van der Waals surface area contributed by atoms with Gasteiger partial charge < -0.3 is 29.1 Å². The van der Waals surface area contributed by atoms with Crippen molar-refractivity contribution < 1.29 is 76.0 Å². The zero-order valence-electron chi connectivity index (χ0n) is 38.1. The molecule has 2 atom stereocenters. The summed E-state index contributed by atoms with van der Waals surface area (Å²) in [4.78, 5) is 12.5. The second-order valence-electron chi connectivity index (χ2n) is 17.4. The summed E-state index contributed by atoms with van der Waals surface area (Å²) in [6, 6.07) is 9.50. The molecule has 2 aliphatic rings. The number of fused-ring (bicyclic) bond motifs is 6. The van der Waals surface area contributed by atoms with E-state index < -0.39 is 82.9 Å². The van der Waals surface area contributed by atoms with Gasteiger partial charge in [-0.2, -0.15) is 33.7 Å². The Hall–Kier alpha value is -4.53. The van der Waals surface area contributed by atoms with Gasteiger partial charge in [-0.3, -0.25) is 23.0 Å². The molecular weight excluding hydrogens is 969 g/mol. The van der Waals surface area contributed by atoms with Gasteiger partial charge in [-0.25, -0.2) is 0 Å². The summed E-state index contributed by atoms with van der Waals surface area (Å²) in [5, 5.41) is 9.64. The van der Waals surface area contributed by atoms with Gasteiger partial charge in [0.15, 0.2) is 0 Å². The highest BCUT2D eigenvalue weighted by atomic mass is 32.2. The minimum atomic E-state index is -5.05. The first kappa shape index (κ1) is 52.8. The van der Waals surface area contributed by atoms with Crippen LogP contribution in [0.25, 0.3) is 21.5 Å². The number of carboxylic acid groups (broad SMARTS) is 1. The number of nitrogens with zero attached hydrogens (tertiary/aromatic N) is 2. The fourth-order valence-electron chi connectivity index (χ4n) is 9.61. The summed E-state index contributed by atoms with van der Waals surface area (Å²) in [5.74, 6) is -0.946. The first-order chi connectivity index (χ1) is 31.7. The lowest BCUT2D eigenvalue weighted by Crippen LogP contribution is -2.39. The maximum absolute atomic E-state index is 12.8. The maximum atomic E-state index is 12.8. The Bertz CT molecular complexity index is 3130. The van der Waals surface area contributed by atoms with Crippen molar-refractivity contribution in [3.8, 4) is 0 Å². The summed E-state index contributed by atoms with van der Waals surface area (Å²) in [6.45, 7) is 9.59.